The van der Waals surface area contributed by atoms with Gasteiger partial charge in [-0.3, -0.25) is 9.69 Å². The molecule has 4 heteroatoms. The number of hydrogen-bond acceptors (Lipinski definition) is 3. The van der Waals surface area contributed by atoms with E-state index in [1.165, 1.54) is 17.3 Å². The van der Waals surface area contributed by atoms with Crippen LogP contribution in [0.1, 0.15) is 44.7 Å². The van der Waals surface area contributed by atoms with Crippen molar-refractivity contribution in [1.82, 2.24) is 4.90 Å². The largest absolute Gasteiger partial charge is 0.290 e. The Hall–Kier alpha value is -1.13. The van der Waals surface area contributed by atoms with E-state index in [9.17, 15) is 4.79 Å². The predicted octanol–water partition coefficient (Wildman–Crippen LogP) is 4.42. The van der Waals surface area contributed by atoms with Crippen LogP contribution in [0.4, 0.5) is 0 Å². The molecule has 0 bridgehead atoms. The van der Waals surface area contributed by atoms with Crippen LogP contribution in [0.25, 0.3) is 6.08 Å². The maximum absolute atomic E-state index is 12.3. The molecule has 0 saturated carbocycles. The first-order valence-electron chi connectivity index (χ1n) is 6.77. The van der Waals surface area contributed by atoms with Crippen molar-refractivity contribution in [2.45, 2.75) is 39.7 Å². The van der Waals surface area contributed by atoms with Crippen molar-refractivity contribution in [3.63, 3.8) is 0 Å². The van der Waals surface area contributed by atoms with E-state index >= 15 is 0 Å². The van der Waals surface area contributed by atoms with Gasteiger partial charge in [0.15, 0.2) is 0 Å². The van der Waals surface area contributed by atoms with Crippen LogP contribution in [-0.4, -0.2) is 21.2 Å². The van der Waals surface area contributed by atoms with Gasteiger partial charge in [0, 0.05) is 6.04 Å². The molecule has 1 aromatic carbocycles. The van der Waals surface area contributed by atoms with Gasteiger partial charge >= 0.3 is 0 Å². The molecule has 0 atom stereocenters. The van der Waals surface area contributed by atoms with Crippen molar-refractivity contribution in [2.24, 2.45) is 0 Å². The smallest absolute Gasteiger partial charge is 0.266 e. The van der Waals surface area contributed by atoms with Gasteiger partial charge in [-0.1, -0.05) is 62.1 Å². The highest BCUT2D eigenvalue weighted by atomic mass is 32.2. The fourth-order valence-corrected chi connectivity index (χ4v) is 3.58. The fourth-order valence-electron chi connectivity index (χ4n) is 2.05. The summed E-state index contributed by atoms with van der Waals surface area (Å²) in [5.41, 5.74) is 2.34. The van der Waals surface area contributed by atoms with Crippen molar-refractivity contribution in [3.8, 4) is 0 Å². The summed E-state index contributed by atoms with van der Waals surface area (Å²) in [7, 11) is 0. The average Bonchev–Trinajstić information content (AvgIpc) is 2.65. The lowest BCUT2D eigenvalue weighted by molar-refractivity contribution is -0.123. The second kappa shape index (κ2) is 6.10. The molecule has 1 amide bonds. The van der Waals surface area contributed by atoms with E-state index in [2.05, 4.69) is 38.1 Å². The number of amides is 1. The second-order valence-electron chi connectivity index (χ2n) is 5.47. The quantitative estimate of drug-likeness (QED) is 0.609. The number of rotatable bonds is 3. The van der Waals surface area contributed by atoms with Crippen LogP contribution >= 0.6 is 24.0 Å². The first-order valence-corrected chi connectivity index (χ1v) is 7.99. The lowest BCUT2D eigenvalue weighted by atomic mass is 10.0. The normalized spacial score (nSPS) is 17.9. The number of thioether (sulfide) groups is 1. The average molecular weight is 305 g/mol. The summed E-state index contributed by atoms with van der Waals surface area (Å²) in [6, 6.07) is 8.44. The summed E-state index contributed by atoms with van der Waals surface area (Å²) in [5.74, 6) is 0.533. The van der Waals surface area contributed by atoms with Crippen LogP contribution in [-0.2, 0) is 4.79 Å². The fraction of sp³-hybridized carbons (Fsp3) is 0.375. The van der Waals surface area contributed by atoms with E-state index in [1.807, 2.05) is 19.9 Å². The predicted molar refractivity (Wildman–Crippen MR) is 90.7 cm³/mol. The maximum atomic E-state index is 12.3. The molecule has 0 N–H and O–H groups in total. The van der Waals surface area contributed by atoms with E-state index in [-0.39, 0.29) is 11.9 Å². The standard InChI is InChI=1S/C16H19NOS2/c1-10(2)13-7-5-12(6-8-13)9-14-15(18)17(11(3)4)16(19)20-14/h5-11H,1-4H3/b14-9-. The van der Waals surface area contributed by atoms with Crippen molar-refractivity contribution in [2.75, 3.05) is 0 Å². The Kier molecular flexibility index (Phi) is 4.66. The Morgan fingerprint density at radius 3 is 2.20 bits per heavy atom. The zero-order valence-electron chi connectivity index (χ0n) is 12.2. The molecule has 106 valence electrons. The van der Waals surface area contributed by atoms with Gasteiger partial charge in [0.05, 0.1) is 4.91 Å². The van der Waals surface area contributed by atoms with Crippen LogP contribution < -0.4 is 0 Å². The van der Waals surface area contributed by atoms with Gasteiger partial charge in [-0.25, -0.2) is 0 Å². The Morgan fingerprint density at radius 1 is 1.15 bits per heavy atom. The summed E-state index contributed by atoms with van der Waals surface area (Å²) in [6.07, 6.45) is 1.92. The highest BCUT2D eigenvalue weighted by Crippen LogP contribution is 2.33. The lowest BCUT2D eigenvalue weighted by Gasteiger charge is -2.18. The molecular weight excluding hydrogens is 286 g/mol. The summed E-state index contributed by atoms with van der Waals surface area (Å²) in [5, 5.41) is 0. The molecule has 1 saturated heterocycles. The lowest BCUT2D eigenvalue weighted by Crippen LogP contribution is -2.34. The number of hydrogen-bond donors (Lipinski definition) is 0. The summed E-state index contributed by atoms with van der Waals surface area (Å²) in [6.45, 7) is 8.29. The number of benzene rings is 1. The first kappa shape index (κ1) is 15.3. The minimum atomic E-state index is 0.0166. The van der Waals surface area contributed by atoms with Gasteiger partial charge in [-0.15, -0.1) is 0 Å². The molecular formula is C16H19NOS2. The van der Waals surface area contributed by atoms with Gasteiger partial charge in [0.1, 0.15) is 4.32 Å². The molecule has 1 aromatic rings. The summed E-state index contributed by atoms with van der Waals surface area (Å²) >= 11 is 6.65. The maximum Gasteiger partial charge on any atom is 0.266 e. The highest BCUT2D eigenvalue weighted by Gasteiger charge is 2.33. The molecule has 0 aromatic heterocycles. The summed E-state index contributed by atoms with van der Waals surface area (Å²) < 4.78 is 0.648. The van der Waals surface area contributed by atoms with Crippen LogP contribution in [0.5, 0.6) is 0 Å². The molecule has 1 heterocycles. The Labute approximate surface area is 130 Å². The number of carbonyl (C=O) groups excluding carboxylic acids is 1. The van der Waals surface area contributed by atoms with Crippen LogP contribution in [0, 0.1) is 0 Å². The number of thiocarbonyl (C=S) groups is 1. The van der Waals surface area contributed by atoms with E-state index in [4.69, 9.17) is 12.2 Å². The Bertz CT molecular complexity index is 558. The highest BCUT2D eigenvalue weighted by molar-refractivity contribution is 8.26. The third-order valence-electron chi connectivity index (χ3n) is 3.24. The molecule has 0 radical (unpaired) electrons. The third kappa shape index (κ3) is 3.13. The molecule has 1 fully saturated rings. The molecule has 2 rings (SSSR count). The molecule has 1 aliphatic rings. The summed E-state index contributed by atoms with van der Waals surface area (Å²) in [4.78, 5) is 14.7. The van der Waals surface area contributed by atoms with E-state index < -0.39 is 0 Å². The van der Waals surface area contributed by atoms with Crippen LogP contribution in [0.15, 0.2) is 29.2 Å². The van der Waals surface area contributed by atoms with Crippen molar-refractivity contribution in [3.05, 3.63) is 40.3 Å². The van der Waals surface area contributed by atoms with Gasteiger partial charge < -0.3 is 0 Å². The van der Waals surface area contributed by atoms with Gasteiger partial charge in [-0.05, 0) is 37.0 Å². The third-order valence-corrected chi connectivity index (χ3v) is 4.57. The van der Waals surface area contributed by atoms with E-state index in [0.717, 1.165) is 5.56 Å². The molecule has 0 spiro atoms. The molecule has 0 aliphatic carbocycles. The number of nitrogens with zero attached hydrogens (tertiary/aromatic N) is 1. The first-order chi connectivity index (χ1) is 9.40. The van der Waals surface area contributed by atoms with Gasteiger partial charge in [0.2, 0.25) is 0 Å². The SMILES string of the molecule is CC(C)c1ccc(/C=C2\SC(=S)N(C(C)C)C2=O)cc1. The van der Waals surface area contributed by atoms with E-state index in [1.54, 1.807) is 4.90 Å². The minimum Gasteiger partial charge on any atom is -0.290 e. The number of carbonyl (C=O) groups is 1. The topological polar surface area (TPSA) is 20.3 Å². The van der Waals surface area contributed by atoms with Crippen LogP contribution in [0.3, 0.4) is 0 Å². The molecule has 2 nitrogen and oxygen atoms in total. The van der Waals surface area contributed by atoms with Crippen molar-refractivity contribution >= 4 is 40.3 Å². The zero-order valence-corrected chi connectivity index (χ0v) is 13.8. The van der Waals surface area contributed by atoms with Gasteiger partial charge in [-0.2, -0.15) is 0 Å². The monoisotopic (exact) mass is 305 g/mol. The molecule has 0 unspecified atom stereocenters. The Balaban J connectivity index is 2.24. The zero-order chi connectivity index (χ0) is 14.9. The molecule has 1 aliphatic heterocycles. The minimum absolute atomic E-state index is 0.0166. The van der Waals surface area contributed by atoms with Gasteiger partial charge in [0.25, 0.3) is 5.91 Å². The van der Waals surface area contributed by atoms with Crippen molar-refractivity contribution < 1.29 is 4.79 Å². The van der Waals surface area contributed by atoms with E-state index in [0.29, 0.717) is 15.1 Å². The van der Waals surface area contributed by atoms with Crippen molar-refractivity contribution in [1.29, 1.82) is 0 Å². The molecule has 20 heavy (non-hydrogen) atoms. The van der Waals surface area contributed by atoms with Crippen LogP contribution in [0.2, 0.25) is 0 Å². The Morgan fingerprint density at radius 2 is 1.75 bits per heavy atom. The second-order valence-corrected chi connectivity index (χ2v) is 7.14.